The summed E-state index contributed by atoms with van der Waals surface area (Å²) < 4.78 is 7.51. The quantitative estimate of drug-likeness (QED) is 0.699. The Bertz CT molecular complexity index is 979. The molecule has 142 valence electrons. The normalized spacial score (nSPS) is 12.5. The van der Waals surface area contributed by atoms with Crippen LogP contribution in [0.2, 0.25) is 0 Å². The van der Waals surface area contributed by atoms with Gasteiger partial charge in [-0.25, -0.2) is 4.98 Å². The third-order valence-electron chi connectivity index (χ3n) is 4.58. The van der Waals surface area contributed by atoms with Crippen molar-refractivity contribution in [1.29, 1.82) is 0 Å². The second-order valence-corrected chi connectivity index (χ2v) is 7.18. The van der Waals surface area contributed by atoms with E-state index >= 15 is 0 Å². The van der Waals surface area contributed by atoms with Crippen molar-refractivity contribution < 1.29 is 10.1 Å². The smallest absolute Gasteiger partial charge is 0.266 e. The van der Waals surface area contributed by atoms with Gasteiger partial charge < -0.3 is 10.1 Å². The molecule has 0 saturated carbocycles. The molecule has 0 saturated heterocycles. The van der Waals surface area contributed by atoms with Crippen LogP contribution in [0, 0.1) is 5.92 Å². The monoisotopic (exact) mass is 366 g/mol. The minimum atomic E-state index is -0.0625. The molecule has 2 N–H and O–H groups in total. The van der Waals surface area contributed by atoms with Crippen molar-refractivity contribution in [2.45, 2.75) is 33.7 Å². The van der Waals surface area contributed by atoms with Gasteiger partial charge in [-0.15, -0.1) is 0 Å². The maximum atomic E-state index is 13.4. The summed E-state index contributed by atoms with van der Waals surface area (Å²) in [7, 11) is 0. The summed E-state index contributed by atoms with van der Waals surface area (Å²) in [6.45, 7) is 9.92. The summed E-state index contributed by atoms with van der Waals surface area (Å²) in [6, 6.07) is 15.2. The fourth-order valence-corrected chi connectivity index (χ4v) is 3.19. The number of quaternary nitrogens is 1. The van der Waals surface area contributed by atoms with Crippen LogP contribution in [0.5, 0.6) is 5.75 Å². The molecule has 2 aromatic carbocycles. The van der Waals surface area contributed by atoms with Crippen LogP contribution in [0.4, 0.5) is 0 Å². The highest BCUT2D eigenvalue weighted by Gasteiger charge is 2.22. The van der Waals surface area contributed by atoms with Gasteiger partial charge in [-0.05, 0) is 38.1 Å². The van der Waals surface area contributed by atoms with Gasteiger partial charge in [0.15, 0.2) is 5.82 Å². The van der Waals surface area contributed by atoms with Gasteiger partial charge in [0.05, 0.1) is 29.7 Å². The molecule has 1 atom stereocenters. The Hall–Kier alpha value is -2.66. The highest BCUT2D eigenvalue weighted by molar-refractivity contribution is 5.78. The standard InChI is InChI=1S/C22H27N3O2/c1-5-27-20-13-9-8-12-19(20)25-21(16(4)23-14-15(2)3)24-18-11-7-6-10-17(18)22(25)26/h6-13,15-16,23H,5,14H2,1-4H3/p+1/t16-/m0/s1. The Labute approximate surface area is 160 Å². The predicted molar refractivity (Wildman–Crippen MR) is 109 cm³/mol. The largest absolute Gasteiger partial charge is 0.492 e. The lowest BCUT2D eigenvalue weighted by Crippen LogP contribution is -2.86. The molecule has 0 radical (unpaired) electrons. The van der Waals surface area contributed by atoms with E-state index in [-0.39, 0.29) is 11.6 Å². The predicted octanol–water partition coefficient (Wildman–Crippen LogP) is 3.06. The number of fused-ring (bicyclic) bond motifs is 1. The van der Waals surface area contributed by atoms with Gasteiger partial charge in [-0.3, -0.25) is 9.36 Å². The molecule has 5 nitrogen and oxygen atoms in total. The van der Waals surface area contributed by atoms with Gasteiger partial charge in [0.25, 0.3) is 5.56 Å². The topological polar surface area (TPSA) is 60.7 Å². The van der Waals surface area contributed by atoms with Gasteiger partial charge in [0.2, 0.25) is 0 Å². The van der Waals surface area contributed by atoms with E-state index in [1.54, 1.807) is 4.57 Å². The van der Waals surface area contributed by atoms with E-state index in [2.05, 4.69) is 26.1 Å². The molecule has 0 spiro atoms. The first-order valence-electron chi connectivity index (χ1n) is 9.60. The van der Waals surface area contributed by atoms with Crippen molar-refractivity contribution in [3.8, 4) is 11.4 Å². The highest BCUT2D eigenvalue weighted by Crippen LogP contribution is 2.24. The van der Waals surface area contributed by atoms with Gasteiger partial charge in [0.1, 0.15) is 11.8 Å². The van der Waals surface area contributed by atoms with Crippen LogP contribution in [-0.4, -0.2) is 22.7 Å². The maximum Gasteiger partial charge on any atom is 0.266 e. The zero-order valence-electron chi connectivity index (χ0n) is 16.5. The SMILES string of the molecule is CCOc1ccccc1-n1c([C@H](C)[NH2+]CC(C)C)nc2ccccc2c1=O. The van der Waals surface area contributed by atoms with Gasteiger partial charge >= 0.3 is 0 Å². The number of benzene rings is 2. The summed E-state index contributed by atoms with van der Waals surface area (Å²) >= 11 is 0. The Kier molecular flexibility index (Phi) is 5.91. The molecular weight excluding hydrogens is 338 g/mol. The number of nitrogens with zero attached hydrogens (tertiary/aromatic N) is 2. The van der Waals surface area contributed by atoms with Crippen LogP contribution in [0.15, 0.2) is 53.3 Å². The fourth-order valence-electron chi connectivity index (χ4n) is 3.19. The summed E-state index contributed by atoms with van der Waals surface area (Å²) in [5.41, 5.74) is 1.40. The minimum Gasteiger partial charge on any atom is -0.492 e. The van der Waals surface area contributed by atoms with Crippen LogP contribution < -0.4 is 15.6 Å². The van der Waals surface area contributed by atoms with E-state index in [0.29, 0.717) is 23.7 Å². The van der Waals surface area contributed by atoms with Crippen LogP contribution in [0.3, 0.4) is 0 Å². The third kappa shape index (κ3) is 4.03. The molecule has 0 amide bonds. The Morgan fingerprint density at radius 2 is 1.78 bits per heavy atom. The highest BCUT2D eigenvalue weighted by atomic mass is 16.5. The van der Waals surface area contributed by atoms with E-state index in [1.165, 1.54) is 0 Å². The van der Waals surface area contributed by atoms with Crippen molar-refractivity contribution in [3.63, 3.8) is 0 Å². The van der Waals surface area contributed by atoms with Crippen LogP contribution in [0.1, 0.15) is 39.6 Å². The van der Waals surface area contributed by atoms with Gasteiger partial charge in [0, 0.05) is 5.92 Å². The average Bonchev–Trinajstić information content (AvgIpc) is 2.67. The van der Waals surface area contributed by atoms with E-state index in [0.717, 1.165) is 23.6 Å². The van der Waals surface area contributed by atoms with Gasteiger partial charge in [-0.1, -0.05) is 38.1 Å². The molecule has 0 aliphatic rings. The molecule has 0 unspecified atom stereocenters. The van der Waals surface area contributed by atoms with Gasteiger partial charge in [-0.2, -0.15) is 0 Å². The lowest BCUT2D eigenvalue weighted by Gasteiger charge is -2.20. The van der Waals surface area contributed by atoms with E-state index in [1.807, 2.05) is 55.5 Å². The first-order valence-corrected chi connectivity index (χ1v) is 9.60. The molecule has 1 aromatic heterocycles. The minimum absolute atomic E-state index is 0.0411. The molecule has 3 aromatic rings. The molecule has 1 heterocycles. The number of para-hydroxylation sites is 3. The first-order chi connectivity index (χ1) is 13.0. The Balaban J connectivity index is 2.25. The summed E-state index contributed by atoms with van der Waals surface area (Å²) in [5, 5.41) is 2.85. The van der Waals surface area contributed by atoms with E-state index in [4.69, 9.17) is 9.72 Å². The Morgan fingerprint density at radius 1 is 1.07 bits per heavy atom. The zero-order chi connectivity index (χ0) is 19.4. The molecule has 5 heteroatoms. The maximum absolute atomic E-state index is 13.4. The van der Waals surface area contributed by atoms with Crippen molar-refractivity contribution in [1.82, 2.24) is 9.55 Å². The second-order valence-electron chi connectivity index (χ2n) is 7.18. The van der Waals surface area contributed by atoms with Crippen LogP contribution in [-0.2, 0) is 0 Å². The number of aromatic nitrogens is 2. The first kappa shape index (κ1) is 19.1. The summed E-state index contributed by atoms with van der Waals surface area (Å²) in [4.78, 5) is 18.3. The van der Waals surface area contributed by atoms with E-state index < -0.39 is 0 Å². The number of hydrogen-bond acceptors (Lipinski definition) is 3. The number of hydrogen-bond donors (Lipinski definition) is 1. The zero-order valence-corrected chi connectivity index (χ0v) is 16.5. The molecule has 0 aliphatic carbocycles. The molecular formula is C22H28N3O2+. The summed E-state index contributed by atoms with van der Waals surface area (Å²) in [5.74, 6) is 1.99. The van der Waals surface area contributed by atoms with Crippen molar-refractivity contribution in [2.75, 3.05) is 13.2 Å². The fraction of sp³-hybridized carbons (Fsp3) is 0.364. The van der Waals surface area contributed by atoms with E-state index in [9.17, 15) is 4.79 Å². The van der Waals surface area contributed by atoms with Crippen LogP contribution >= 0.6 is 0 Å². The third-order valence-corrected chi connectivity index (χ3v) is 4.58. The molecule has 0 fully saturated rings. The van der Waals surface area contributed by atoms with Crippen molar-refractivity contribution in [2.24, 2.45) is 5.92 Å². The average molecular weight is 366 g/mol. The number of rotatable bonds is 7. The molecule has 0 bridgehead atoms. The molecule has 3 rings (SSSR count). The number of ether oxygens (including phenoxy) is 1. The second kappa shape index (κ2) is 8.35. The lowest BCUT2D eigenvalue weighted by atomic mass is 10.1. The number of nitrogens with two attached hydrogens (primary N) is 1. The molecule has 0 aliphatic heterocycles. The van der Waals surface area contributed by atoms with Crippen LogP contribution in [0.25, 0.3) is 16.6 Å². The van der Waals surface area contributed by atoms with Crippen molar-refractivity contribution in [3.05, 3.63) is 64.7 Å². The molecule has 27 heavy (non-hydrogen) atoms. The Morgan fingerprint density at radius 3 is 2.52 bits per heavy atom. The van der Waals surface area contributed by atoms with Crippen molar-refractivity contribution >= 4 is 10.9 Å². The summed E-state index contributed by atoms with van der Waals surface area (Å²) in [6.07, 6.45) is 0. The lowest BCUT2D eigenvalue weighted by molar-refractivity contribution is -0.698.